The number of fused-ring (bicyclic) bond motifs is 1. The van der Waals surface area contributed by atoms with Crippen LogP contribution in [0.3, 0.4) is 0 Å². The maximum atomic E-state index is 2.41. The summed E-state index contributed by atoms with van der Waals surface area (Å²) in [5.74, 6) is 0.636. The Labute approximate surface area is 95.8 Å². The van der Waals surface area contributed by atoms with Crippen LogP contribution >= 0.6 is 0 Å². The summed E-state index contributed by atoms with van der Waals surface area (Å²) in [4.78, 5) is 0. The van der Waals surface area contributed by atoms with Gasteiger partial charge in [0.25, 0.3) is 0 Å². The van der Waals surface area contributed by atoms with Gasteiger partial charge in [-0.05, 0) is 36.3 Å². The molecule has 1 saturated carbocycles. The van der Waals surface area contributed by atoms with Crippen molar-refractivity contribution in [1.29, 1.82) is 0 Å². The van der Waals surface area contributed by atoms with Gasteiger partial charge in [-0.2, -0.15) is 0 Å². The summed E-state index contributed by atoms with van der Waals surface area (Å²) in [6.07, 6.45) is 13.1. The van der Waals surface area contributed by atoms with Gasteiger partial charge in [-0.15, -0.1) is 0 Å². The number of rotatable bonds is 0. The first-order valence-electron chi connectivity index (χ1n) is 6.45. The SMILES string of the molecule is CC.CC.CC1C=CC=C2CCCC2=C1. The van der Waals surface area contributed by atoms with Crippen LogP contribution < -0.4 is 0 Å². The third-order valence-electron chi connectivity index (χ3n) is 2.48. The molecule has 0 spiro atoms. The van der Waals surface area contributed by atoms with Gasteiger partial charge in [0.15, 0.2) is 0 Å². The second kappa shape index (κ2) is 8.52. The van der Waals surface area contributed by atoms with Gasteiger partial charge in [-0.3, -0.25) is 0 Å². The van der Waals surface area contributed by atoms with Gasteiger partial charge in [-0.1, -0.05) is 58.9 Å². The van der Waals surface area contributed by atoms with E-state index in [1.807, 2.05) is 27.7 Å². The van der Waals surface area contributed by atoms with Gasteiger partial charge in [0, 0.05) is 0 Å². The second-order valence-corrected chi connectivity index (χ2v) is 3.48. The molecule has 0 heterocycles. The van der Waals surface area contributed by atoms with Crippen molar-refractivity contribution in [2.75, 3.05) is 0 Å². The summed E-state index contributed by atoms with van der Waals surface area (Å²) in [6.45, 7) is 10.2. The molecular formula is C15H26. The first-order chi connectivity index (χ1) is 7.36. The summed E-state index contributed by atoms with van der Waals surface area (Å²) >= 11 is 0. The zero-order chi connectivity index (χ0) is 11.7. The van der Waals surface area contributed by atoms with E-state index in [1.165, 1.54) is 19.3 Å². The Morgan fingerprint density at radius 1 is 1.00 bits per heavy atom. The normalized spacial score (nSPS) is 22.1. The number of allylic oxidation sites excluding steroid dienone is 6. The standard InChI is InChI=1S/C11H14.2C2H6/c1-9-4-2-5-10-6-3-7-11(10)8-9;2*1-2/h2,4-5,8-9H,3,6-7H2,1H3;2*1-2H3. The van der Waals surface area contributed by atoms with E-state index in [4.69, 9.17) is 0 Å². The lowest BCUT2D eigenvalue weighted by Crippen LogP contribution is -1.83. The Bertz CT molecular complexity index is 241. The van der Waals surface area contributed by atoms with E-state index < -0.39 is 0 Å². The van der Waals surface area contributed by atoms with E-state index in [1.54, 1.807) is 11.1 Å². The van der Waals surface area contributed by atoms with Crippen LogP contribution in [0.25, 0.3) is 0 Å². The third kappa shape index (κ3) is 4.51. The molecule has 0 heteroatoms. The fraction of sp³-hybridized carbons (Fsp3) is 0.600. The average molecular weight is 206 g/mol. The molecule has 2 rings (SSSR count). The zero-order valence-electron chi connectivity index (χ0n) is 11.0. The van der Waals surface area contributed by atoms with Crippen molar-refractivity contribution in [2.24, 2.45) is 5.92 Å². The van der Waals surface area contributed by atoms with Gasteiger partial charge >= 0.3 is 0 Å². The van der Waals surface area contributed by atoms with Crippen molar-refractivity contribution >= 4 is 0 Å². The van der Waals surface area contributed by atoms with Crippen molar-refractivity contribution in [3.8, 4) is 0 Å². The van der Waals surface area contributed by atoms with Crippen LogP contribution in [0.1, 0.15) is 53.9 Å². The summed E-state index contributed by atoms with van der Waals surface area (Å²) in [5, 5.41) is 0. The number of hydrogen-bond donors (Lipinski definition) is 0. The van der Waals surface area contributed by atoms with Crippen LogP contribution in [0.5, 0.6) is 0 Å². The Morgan fingerprint density at radius 2 is 1.60 bits per heavy atom. The molecule has 1 fully saturated rings. The van der Waals surface area contributed by atoms with Gasteiger partial charge in [0.05, 0.1) is 0 Å². The predicted molar refractivity (Wildman–Crippen MR) is 71.0 cm³/mol. The largest absolute Gasteiger partial charge is 0.0779 e. The Morgan fingerprint density at radius 3 is 2.27 bits per heavy atom. The monoisotopic (exact) mass is 206 g/mol. The summed E-state index contributed by atoms with van der Waals surface area (Å²) < 4.78 is 0. The van der Waals surface area contributed by atoms with Gasteiger partial charge in [-0.25, -0.2) is 0 Å². The third-order valence-corrected chi connectivity index (χ3v) is 2.48. The van der Waals surface area contributed by atoms with Gasteiger partial charge < -0.3 is 0 Å². The fourth-order valence-corrected chi connectivity index (χ4v) is 1.89. The van der Waals surface area contributed by atoms with Crippen molar-refractivity contribution in [3.63, 3.8) is 0 Å². The molecule has 0 aromatic heterocycles. The van der Waals surface area contributed by atoms with Crippen LogP contribution in [-0.2, 0) is 0 Å². The molecular weight excluding hydrogens is 180 g/mol. The topological polar surface area (TPSA) is 0 Å². The minimum absolute atomic E-state index is 0.636. The fourth-order valence-electron chi connectivity index (χ4n) is 1.89. The van der Waals surface area contributed by atoms with Crippen molar-refractivity contribution < 1.29 is 0 Å². The van der Waals surface area contributed by atoms with Crippen LogP contribution in [0.15, 0.2) is 35.5 Å². The van der Waals surface area contributed by atoms with Gasteiger partial charge in [0.2, 0.25) is 0 Å². The lowest BCUT2D eigenvalue weighted by Gasteiger charge is -1.99. The molecule has 0 saturated heterocycles. The molecule has 0 radical (unpaired) electrons. The lowest BCUT2D eigenvalue weighted by atomic mass is 10.1. The molecule has 0 aromatic carbocycles. The average Bonchev–Trinajstić information content (AvgIpc) is 2.64. The second-order valence-electron chi connectivity index (χ2n) is 3.48. The van der Waals surface area contributed by atoms with Crippen LogP contribution in [0, 0.1) is 5.92 Å². The maximum Gasteiger partial charge on any atom is -0.00728 e. The first kappa shape index (κ1) is 14.2. The zero-order valence-corrected chi connectivity index (χ0v) is 11.0. The Hall–Kier alpha value is -0.780. The highest BCUT2D eigenvalue weighted by Gasteiger charge is 2.14. The smallest absolute Gasteiger partial charge is 0.00728 e. The van der Waals surface area contributed by atoms with E-state index in [0.29, 0.717) is 5.92 Å². The molecule has 15 heavy (non-hydrogen) atoms. The van der Waals surface area contributed by atoms with E-state index >= 15 is 0 Å². The summed E-state index contributed by atoms with van der Waals surface area (Å²) in [7, 11) is 0. The predicted octanol–water partition coefficient (Wildman–Crippen LogP) is 5.28. The Kier molecular flexibility index (Phi) is 8.08. The molecule has 1 unspecified atom stereocenters. The molecule has 2 aliphatic rings. The van der Waals surface area contributed by atoms with Crippen LogP contribution in [0.2, 0.25) is 0 Å². The molecule has 0 aliphatic heterocycles. The van der Waals surface area contributed by atoms with E-state index in [-0.39, 0.29) is 0 Å². The first-order valence-corrected chi connectivity index (χ1v) is 6.45. The van der Waals surface area contributed by atoms with E-state index in [9.17, 15) is 0 Å². The van der Waals surface area contributed by atoms with E-state index in [2.05, 4.69) is 31.2 Å². The molecule has 1 atom stereocenters. The minimum Gasteiger partial charge on any atom is -0.0779 e. The van der Waals surface area contributed by atoms with Crippen molar-refractivity contribution in [3.05, 3.63) is 35.5 Å². The summed E-state index contributed by atoms with van der Waals surface area (Å²) in [6, 6.07) is 0. The maximum absolute atomic E-state index is 2.41. The van der Waals surface area contributed by atoms with E-state index in [0.717, 1.165) is 0 Å². The van der Waals surface area contributed by atoms with Gasteiger partial charge in [0.1, 0.15) is 0 Å². The summed E-state index contributed by atoms with van der Waals surface area (Å²) in [5.41, 5.74) is 3.17. The molecule has 0 N–H and O–H groups in total. The number of hydrogen-bond acceptors (Lipinski definition) is 0. The molecule has 2 aliphatic carbocycles. The highest BCUT2D eigenvalue weighted by molar-refractivity contribution is 5.40. The van der Waals surface area contributed by atoms with Crippen LogP contribution in [0.4, 0.5) is 0 Å². The molecule has 86 valence electrons. The molecule has 0 aromatic rings. The highest BCUT2D eigenvalue weighted by Crippen LogP contribution is 2.32. The van der Waals surface area contributed by atoms with Crippen molar-refractivity contribution in [2.45, 2.75) is 53.9 Å². The van der Waals surface area contributed by atoms with Crippen molar-refractivity contribution in [1.82, 2.24) is 0 Å². The molecule has 0 bridgehead atoms. The molecule has 0 amide bonds. The quantitative estimate of drug-likeness (QED) is 0.505. The Balaban J connectivity index is 0.000000442. The highest BCUT2D eigenvalue weighted by atomic mass is 14.2. The minimum atomic E-state index is 0.636. The molecule has 0 nitrogen and oxygen atoms in total. The van der Waals surface area contributed by atoms with Crippen LogP contribution in [-0.4, -0.2) is 0 Å². The lowest BCUT2D eigenvalue weighted by molar-refractivity contribution is 0.900.